The van der Waals surface area contributed by atoms with Gasteiger partial charge in [0.15, 0.2) is 0 Å². The highest BCUT2D eigenvalue weighted by molar-refractivity contribution is 5.94. The lowest BCUT2D eigenvalue weighted by Crippen LogP contribution is -2.58. The summed E-state index contributed by atoms with van der Waals surface area (Å²) in [5.41, 5.74) is 6.81. The van der Waals surface area contributed by atoms with Gasteiger partial charge in [0.05, 0.1) is 12.4 Å². The highest BCUT2D eigenvalue weighted by Crippen LogP contribution is 2.20. The number of hydrogen-bond acceptors (Lipinski definition) is 6. The fraction of sp³-hybridized carbons (Fsp3) is 0.682. The second-order valence-corrected chi connectivity index (χ2v) is 9.02. The van der Waals surface area contributed by atoms with Gasteiger partial charge in [0.25, 0.3) is 0 Å². The number of nitrogens with two attached hydrogens (primary N) is 1. The van der Waals surface area contributed by atoms with E-state index in [1.807, 2.05) is 6.92 Å². The molecular weight excluding hydrogens is 428 g/mol. The van der Waals surface area contributed by atoms with Crippen LogP contribution >= 0.6 is 0 Å². The third-order valence-corrected chi connectivity index (χ3v) is 6.17. The van der Waals surface area contributed by atoms with E-state index in [1.165, 1.54) is 11.2 Å². The first-order valence-electron chi connectivity index (χ1n) is 11.4. The van der Waals surface area contributed by atoms with Gasteiger partial charge in [-0.3, -0.25) is 14.4 Å². The van der Waals surface area contributed by atoms with Crippen molar-refractivity contribution in [1.29, 1.82) is 0 Å². The summed E-state index contributed by atoms with van der Waals surface area (Å²) in [7, 11) is 0. The summed E-state index contributed by atoms with van der Waals surface area (Å²) in [4.78, 5) is 58.7. The Morgan fingerprint density at radius 2 is 1.94 bits per heavy atom. The first-order chi connectivity index (χ1) is 15.6. The lowest BCUT2D eigenvalue weighted by molar-refractivity contribution is -0.144. The van der Waals surface area contributed by atoms with Crippen molar-refractivity contribution in [2.45, 2.75) is 77.5 Å². The molecule has 0 bridgehead atoms. The van der Waals surface area contributed by atoms with Crippen molar-refractivity contribution < 1.29 is 24.3 Å². The number of carbonyl (C=O) groups excluding carboxylic acids is 3. The fourth-order valence-corrected chi connectivity index (χ4v) is 3.95. The van der Waals surface area contributed by atoms with Crippen LogP contribution in [0, 0.1) is 11.8 Å². The smallest absolute Gasteiger partial charge is 0.326 e. The number of rotatable bonds is 11. The molecule has 1 aliphatic heterocycles. The predicted molar refractivity (Wildman–Crippen MR) is 121 cm³/mol. The van der Waals surface area contributed by atoms with E-state index in [0.717, 1.165) is 5.69 Å². The maximum absolute atomic E-state index is 13.1. The Hall–Kier alpha value is -2.95. The lowest BCUT2D eigenvalue weighted by atomic mass is 9.97. The van der Waals surface area contributed by atoms with Crippen molar-refractivity contribution in [2.24, 2.45) is 17.6 Å². The van der Waals surface area contributed by atoms with E-state index >= 15 is 0 Å². The number of nitrogens with one attached hydrogen (secondary N) is 3. The summed E-state index contributed by atoms with van der Waals surface area (Å²) in [6.07, 6.45) is 5.06. The van der Waals surface area contributed by atoms with Crippen molar-refractivity contribution in [3.63, 3.8) is 0 Å². The molecule has 1 aromatic heterocycles. The Morgan fingerprint density at radius 3 is 2.48 bits per heavy atom. The number of carboxylic acids is 1. The van der Waals surface area contributed by atoms with Gasteiger partial charge < -0.3 is 31.4 Å². The van der Waals surface area contributed by atoms with Crippen molar-refractivity contribution in [2.75, 3.05) is 6.54 Å². The van der Waals surface area contributed by atoms with Crippen molar-refractivity contribution in [3.05, 3.63) is 18.2 Å². The van der Waals surface area contributed by atoms with Gasteiger partial charge in [-0.1, -0.05) is 34.1 Å². The maximum Gasteiger partial charge on any atom is 0.326 e. The first kappa shape index (κ1) is 26.3. The Bertz CT molecular complexity index is 827. The van der Waals surface area contributed by atoms with Crippen LogP contribution in [0.5, 0.6) is 0 Å². The Labute approximate surface area is 193 Å². The molecule has 6 N–H and O–H groups in total. The fourth-order valence-electron chi connectivity index (χ4n) is 3.95. The topological polar surface area (TPSA) is 171 Å². The third-order valence-electron chi connectivity index (χ3n) is 6.17. The first-order valence-corrected chi connectivity index (χ1v) is 11.4. The molecule has 0 saturated carbocycles. The zero-order valence-corrected chi connectivity index (χ0v) is 19.7. The molecule has 0 aromatic carbocycles. The van der Waals surface area contributed by atoms with Gasteiger partial charge in [-0.2, -0.15) is 0 Å². The summed E-state index contributed by atoms with van der Waals surface area (Å²) in [5.74, 6) is -3.01. The van der Waals surface area contributed by atoms with E-state index in [4.69, 9.17) is 5.73 Å². The Kier molecular flexibility index (Phi) is 9.39. The summed E-state index contributed by atoms with van der Waals surface area (Å²) in [5, 5.41) is 14.8. The van der Waals surface area contributed by atoms with Crippen LogP contribution in [0.15, 0.2) is 12.5 Å². The van der Waals surface area contributed by atoms with Gasteiger partial charge in [-0.15, -0.1) is 0 Å². The van der Waals surface area contributed by atoms with E-state index in [9.17, 15) is 24.3 Å². The molecule has 2 rings (SSSR count). The Balaban J connectivity index is 2.06. The number of aromatic amines is 1. The van der Waals surface area contributed by atoms with E-state index in [0.29, 0.717) is 25.8 Å². The minimum Gasteiger partial charge on any atom is -0.480 e. The zero-order valence-electron chi connectivity index (χ0n) is 19.7. The molecule has 5 atom stereocenters. The second-order valence-electron chi connectivity index (χ2n) is 9.02. The molecular formula is C22H36N6O5. The van der Waals surface area contributed by atoms with Gasteiger partial charge in [-0.25, -0.2) is 9.78 Å². The van der Waals surface area contributed by atoms with Crippen LogP contribution in [0.2, 0.25) is 0 Å². The standard InChI is InChI=1S/C22H36N6O5/c1-5-13(4)18(22(32)33)27-20(30)17(12(2)3)26-19(29)16-7-6-8-28(16)21(31)15(23)9-14-10-24-11-25-14/h10-13,15-18H,5-9,23H2,1-4H3,(H,24,25)(H,26,29)(H,27,30)(H,32,33). The number of carbonyl (C=O) groups is 4. The summed E-state index contributed by atoms with van der Waals surface area (Å²) >= 11 is 0. The van der Waals surface area contributed by atoms with E-state index in [1.54, 1.807) is 27.0 Å². The van der Waals surface area contributed by atoms with Crippen LogP contribution in [0.4, 0.5) is 0 Å². The molecule has 33 heavy (non-hydrogen) atoms. The number of aliphatic carboxylic acids is 1. The molecule has 11 heteroatoms. The van der Waals surface area contributed by atoms with Gasteiger partial charge in [0.2, 0.25) is 17.7 Å². The van der Waals surface area contributed by atoms with E-state index in [-0.39, 0.29) is 24.2 Å². The van der Waals surface area contributed by atoms with Gasteiger partial charge >= 0.3 is 5.97 Å². The number of imidazole rings is 1. The lowest BCUT2D eigenvalue weighted by Gasteiger charge is -2.30. The third kappa shape index (κ3) is 6.77. The number of nitrogens with zero attached hydrogens (tertiary/aromatic N) is 2. The molecule has 3 amide bonds. The summed E-state index contributed by atoms with van der Waals surface area (Å²) in [6.45, 7) is 7.53. The molecule has 0 spiro atoms. The molecule has 0 aliphatic carbocycles. The molecule has 1 aromatic rings. The van der Waals surface area contributed by atoms with Crippen molar-refractivity contribution in [1.82, 2.24) is 25.5 Å². The number of amides is 3. The SMILES string of the molecule is CCC(C)C(NC(=O)C(NC(=O)C1CCCN1C(=O)C(N)Cc1cnc[nH]1)C(C)C)C(=O)O. The highest BCUT2D eigenvalue weighted by atomic mass is 16.4. The largest absolute Gasteiger partial charge is 0.480 e. The molecule has 1 fully saturated rings. The van der Waals surface area contributed by atoms with Crippen LogP contribution in [-0.2, 0) is 25.6 Å². The molecule has 0 radical (unpaired) electrons. The predicted octanol–water partition coefficient (Wildman–Crippen LogP) is 0.0268. The van der Waals surface area contributed by atoms with Crippen molar-refractivity contribution >= 4 is 23.7 Å². The molecule has 184 valence electrons. The number of hydrogen-bond donors (Lipinski definition) is 5. The monoisotopic (exact) mass is 464 g/mol. The summed E-state index contributed by atoms with van der Waals surface area (Å²) < 4.78 is 0. The number of H-pyrrole nitrogens is 1. The molecule has 11 nitrogen and oxygen atoms in total. The van der Waals surface area contributed by atoms with E-state index in [2.05, 4.69) is 20.6 Å². The zero-order chi connectivity index (χ0) is 24.7. The average molecular weight is 465 g/mol. The molecule has 1 saturated heterocycles. The van der Waals surface area contributed by atoms with Gasteiger partial charge in [-0.05, 0) is 24.7 Å². The normalized spacial score (nSPS) is 19.6. The quantitative estimate of drug-likeness (QED) is 0.307. The number of aromatic nitrogens is 2. The minimum atomic E-state index is -1.12. The van der Waals surface area contributed by atoms with Crippen LogP contribution in [0.1, 0.15) is 52.7 Å². The second kappa shape index (κ2) is 11.8. The maximum atomic E-state index is 13.1. The summed E-state index contributed by atoms with van der Waals surface area (Å²) in [6, 6.07) is -3.54. The Morgan fingerprint density at radius 1 is 1.24 bits per heavy atom. The minimum absolute atomic E-state index is 0.269. The van der Waals surface area contributed by atoms with Crippen molar-refractivity contribution in [3.8, 4) is 0 Å². The molecule has 2 heterocycles. The van der Waals surface area contributed by atoms with Crippen LogP contribution in [0.3, 0.4) is 0 Å². The van der Waals surface area contributed by atoms with Gasteiger partial charge in [0.1, 0.15) is 18.1 Å². The number of carboxylic acid groups (broad SMARTS) is 1. The van der Waals surface area contributed by atoms with E-state index < -0.39 is 42.0 Å². The van der Waals surface area contributed by atoms with Crippen LogP contribution in [-0.4, -0.2) is 74.4 Å². The average Bonchev–Trinajstić information content (AvgIpc) is 3.45. The number of likely N-dealkylation sites (tertiary alicyclic amines) is 1. The molecule has 1 aliphatic rings. The van der Waals surface area contributed by atoms with Gasteiger partial charge in [0, 0.05) is 24.9 Å². The van der Waals surface area contributed by atoms with Crippen LogP contribution < -0.4 is 16.4 Å². The molecule has 5 unspecified atom stereocenters. The van der Waals surface area contributed by atoms with Crippen LogP contribution in [0.25, 0.3) is 0 Å². The highest BCUT2D eigenvalue weighted by Gasteiger charge is 2.38.